The van der Waals surface area contributed by atoms with Crippen LogP contribution < -0.4 is 4.74 Å². The van der Waals surface area contributed by atoms with Crippen LogP contribution in [0.3, 0.4) is 0 Å². The van der Waals surface area contributed by atoms with Crippen molar-refractivity contribution in [3.8, 4) is 5.88 Å². The largest absolute Gasteiger partial charge is 0.472 e. The number of allylic oxidation sites excluding steroid dienone is 2. The lowest BCUT2D eigenvalue weighted by Gasteiger charge is -2.24. The molecule has 2 unspecified atom stereocenters. The molecular formula is C17H22N2O2. The van der Waals surface area contributed by atoms with Gasteiger partial charge in [0.05, 0.1) is 6.54 Å². The van der Waals surface area contributed by atoms with Gasteiger partial charge in [0.2, 0.25) is 11.8 Å². The first kappa shape index (κ1) is 14.1. The second-order valence-electron chi connectivity index (χ2n) is 5.97. The zero-order valence-electron chi connectivity index (χ0n) is 12.5. The van der Waals surface area contributed by atoms with Gasteiger partial charge in [-0.2, -0.15) is 0 Å². The fourth-order valence-electron chi connectivity index (χ4n) is 3.00. The number of ether oxygens (including phenoxy) is 1. The van der Waals surface area contributed by atoms with Crippen LogP contribution in [0.4, 0.5) is 0 Å². The van der Waals surface area contributed by atoms with E-state index in [0.29, 0.717) is 18.3 Å². The van der Waals surface area contributed by atoms with Gasteiger partial charge in [0.25, 0.3) is 0 Å². The Kier molecular flexibility index (Phi) is 4.23. The number of pyridine rings is 1. The number of aryl methyl sites for hydroxylation is 1. The molecule has 2 heterocycles. The Labute approximate surface area is 125 Å². The van der Waals surface area contributed by atoms with Crippen molar-refractivity contribution in [2.45, 2.75) is 38.7 Å². The molecule has 21 heavy (non-hydrogen) atoms. The van der Waals surface area contributed by atoms with Gasteiger partial charge in [0.15, 0.2) is 0 Å². The maximum absolute atomic E-state index is 12.5. The molecular weight excluding hydrogens is 264 g/mol. The van der Waals surface area contributed by atoms with E-state index in [-0.39, 0.29) is 12.0 Å². The van der Waals surface area contributed by atoms with Crippen molar-refractivity contribution in [2.24, 2.45) is 5.92 Å². The Balaban J connectivity index is 1.54. The van der Waals surface area contributed by atoms with Gasteiger partial charge in [-0.05, 0) is 31.7 Å². The van der Waals surface area contributed by atoms with Gasteiger partial charge < -0.3 is 9.64 Å². The van der Waals surface area contributed by atoms with E-state index >= 15 is 0 Å². The Bertz CT molecular complexity index is 524. The molecule has 2 atom stereocenters. The number of carbonyl (C=O) groups is 1. The van der Waals surface area contributed by atoms with Crippen molar-refractivity contribution in [1.29, 1.82) is 0 Å². The minimum absolute atomic E-state index is 0.0725. The average Bonchev–Trinajstić information content (AvgIpc) is 2.98. The minimum Gasteiger partial charge on any atom is -0.472 e. The molecule has 0 aromatic carbocycles. The normalized spacial score (nSPS) is 25.1. The smallest absolute Gasteiger partial charge is 0.226 e. The molecule has 1 amide bonds. The highest BCUT2D eigenvalue weighted by atomic mass is 16.5. The summed E-state index contributed by atoms with van der Waals surface area (Å²) in [7, 11) is 0. The maximum atomic E-state index is 12.5. The summed E-state index contributed by atoms with van der Waals surface area (Å²) in [6.07, 6.45) is 9.97. The van der Waals surface area contributed by atoms with Crippen LogP contribution in [0.2, 0.25) is 0 Å². The van der Waals surface area contributed by atoms with Gasteiger partial charge >= 0.3 is 0 Å². The van der Waals surface area contributed by atoms with E-state index in [1.54, 1.807) is 0 Å². The summed E-state index contributed by atoms with van der Waals surface area (Å²) in [6, 6.07) is 3.89. The molecule has 4 nitrogen and oxygen atoms in total. The summed E-state index contributed by atoms with van der Waals surface area (Å²) in [4.78, 5) is 18.7. The van der Waals surface area contributed by atoms with Crippen LogP contribution in [0.1, 0.15) is 31.2 Å². The van der Waals surface area contributed by atoms with Gasteiger partial charge in [0.1, 0.15) is 6.10 Å². The number of nitrogens with zero attached hydrogens (tertiary/aromatic N) is 2. The number of aromatic nitrogens is 1. The lowest BCUT2D eigenvalue weighted by atomic mass is 9.93. The SMILES string of the molecule is Cc1ccc(OC2CCN(C(=O)C3CC=CCC3)C2)nc1. The molecule has 1 aromatic heterocycles. The highest BCUT2D eigenvalue weighted by Crippen LogP contribution is 2.24. The van der Waals surface area contributed by atoms with Crippen LogP contribution in [0, 0.1) is 12.8 Å². The third kappa shape index (κ3) is 3.43. The zero-order valence-corrected chi connectivity index (χ0v) is 12.5. The molecule has 0 N–H and O–H groups in total. The molecule has 1 saturated heterocycles. The van der Waals surface area contributed by atoms with Gasteiger partial charge in [-0.25, -0.2) is 4.98 Å². The fraction of sp³-hybridized carbons (Fsp3) is 0.529. The van der Waals surface area contributed by atoms with E-state index < -0.39 is 0 Å². The molecule has 1 aromatic rings. The summed E-state index contributed by atoms with van der Waals surface area (Å²) in [5.74, 6) is 1.12. The van der Waals surface area contributed by atoms with Crippen LogP contribution in [-0.2, 0) is 4.79 Å². The highest BCUT2D eigenvalue weighted by molar-refractivity contribution is 5.79. The molecule has 1 fully saturated rings. The third-order valence-electron chi connectivity index (χ3n) is 4.25. The summed E-state index contributed by atoms with van der Waals surface area (Å²) >= 11 is 0. The molecule has 1 aliphatic heterocycles. The van der Waals surface area contributed by atoms with Crippen molar-refractivity contribution < 1.29 is 9.53 Å². The van der Waals surface area contributed by atoms with E-state index in [2.05, 4.69) is 17.1 Å². The van der Waals surface area contributed by atoms with Crippen molar-refractivity contribution in [3.63, 3.8) is 0 Å². The molecule has 112 valence electrons. The van der Waals surface area contributed by atoms with E-state index in [1.165, 1.54) is 0 Å². The first-order chi connectivity index (χ1) is 10.2. The molecule has 1 aliphatic carbocycles. The fourth-order valence-corrected chi connectivity index (χ4v) is 3.00. The standard InChI is InChI=1S/C17H22N2O2/c1-13-7-8-16(18-11-13)21-15-9-10-19(12-15)17(20)14-5-3-2-4-6-14/h2-3,7-8,11,14-15H,4-6,9-10,12H2,1H3. The molecule has 4 heteroatoms. The minimum atomic E-state index is 0.0725. The van der Waals surface area contributed by atoms with Crippen LogP contribution in [0.15, 0.2) is 30.5 Å². The predicted octanol–water partition coefficient (Wildman–Crippen LogP) is 2.73. The van der Waals surface area contributed by atoms with E-state index in [4.69, 9.17) is 4.74 Å². The van der Waals surface area contributed by atoms with Crippen LogP contribution in [0.25, 0.3) is 0 Å². The topological polar surface area (TPSA) is 42.4 Å². The molecule has 3 rings (SSSR count). The van der Waals surface area contributed by atoms with Gasteiger partial charge in [-0.1, -0.05) is 18.2 Å². The number of likely N-dealkylation sites (tertiary alicyclic amines) is 1. The van der Waals surface area contributed by atoms with Gasteiger partial charge in [0, 0.05) is 31.1 Å². The second kappa shape index (κ2) is 6.29. The maximum Gasteiger partial charge on any atom is 0.226 e. The van der Waals surface area contributed by atoms with Crippen molar-refractivity contribution >= 4 is 5.91 Å². The van der Waals surface area contributed by atoms with Crippen molar-refractivity contribution in [1.82, 2.24) is 9.88 Å². The number of rotatable bonds is 3. The van der Waals surface area contributed by atoms with Crippen molar-refractivity contribution in [3.05, 3.63) is 36.0 Å². The van der Waals surface area contributed by atoms with E-state index in [9.17, 15) is 4.79 Å². The molecule has 0 radical (unpaired) electrons. The lowest BCUT2D eigenvalue weighted by Crippen LogP contribution is -2.36. The number of hydrogen-bond donors (Lipinski definition) is 0. The third-order valence-corrected chi connectivity index (χ3v) is 4.25. The van der Waals surface area contributed by atoms with E-state index in [1.807, 2.05) is 30.2 Å². The van der Waals surface area contributed by atoms with Crippen LogP contribution >= 0.6 is 0 Å². The van der Waals surface area contributed by atoms with Crippen molar-refractivity contribution in [2.75, 3.05) is 13.1 Å². The summed E-state index contributed by atoms with van der Waals surface area (Å²) in [5.41, 5.74) is 1.12. The number of amides is 1. The van der Waals surface area contributed by atoms with Gasteiger partial charge in [-0.15, -0.1) is 0 Å². The summed E-state index contributed by atoms with van der Waals surface area (Å²) < 4.78 is 5.88. The lowest BCUT2D eigenvalue weighted by molar-refractivity contribution is -0.135. The summed E-state index contributed by atoms with van der Waals surface area (Å²) in [6.45, 7) is 3.50. The highest BCUT2D eigenvalue weighted by Gasteiger charge is 2.31. The zero-order chi connectivity index (χ0) is 14.7. The Morgan fingerprint density at radius 1 is 1.33 bits per heavy atom. The molecule has 0 bridgehead atoms. The quantitative estimate of drug-likeness (QED) is 0.802. The molecule has 2 aliphatic rings. The Morgan fingerprint density at radius 2 is 2.24 bits per heavy atom. The average molecular weight is 286 g/mol. The van der Waals surface area contributed by atoms with E-state index in [0.717, 1.165) is 37.8 Å². The monoisotopic (exact) mass is 286 g/mol. The first-order valence-corrected chi connectivity index (χ1v) is 7.75. The Morgan fingerprint density at radius 3 is 2.95 bits per heavy atom. The number of hydrogen-bond acceptors (Lipinski definition) is 3. The van der Waals surface area contributed by atoms with Crippen LogP contribution in [0.5, 0.6) is 5.88 Å². The van der Waals surface area contributed by atoms with Crippen LogP contribution in [-0.4, -0.2) is 35.0 Å². The Hall–Kier alpha value is -1.84. The second-order valence-corrected chi connectivity index (χ2v) is 5.97. The predicted molar refractivity (Wildman–Crippen MR) is 81.1 cm³/mol. The van der Waals surface area contributed by atoms with Gasteiger partial charge in [-0.3, -0.25) is 4.79 Å². The molecule has 0 spiro atoms. The molecule has 0 saturated carbocycles. The first-order valence-electron chi connectivity index (χ1n) is 7.75. The summed E-state index contributed by atoms with van der Waals surface area (Å²) in [5, 5.41) is 0. The number of carbonyl (C=O) groups excluding carboxylic acids is 1.